The van der Waals surface area contributed by atoms with Gasteiger partial charge in [-0.15, -0.1) is 0 Å². The van der Waals surface area contributed by atoms with Gasteiger partial charge in [0, 0.05) is 43.3 Å². The first-order valence-corrected chi connectivity index (χ1v) is 22.0. The molecule has 2 bridgehead atoms. The molecule has 0 saturated heterocycles. The second-order valence-corrected chi connectivity index (χ2v) is 17.3. The maximum atomic E-state index is 13.8. The monoisotopic (exact) mass is 784 g/mol. The largest absolute Gasteiger partial charge is 0.465 e. The van der Waals surface area contributed by atoms with Crippen LogP contribution in [0, 0.1) is 41.1 Å². The summed E-state index contributed by atoms with van der Waals surface area (Å²) < 4.78 is 13.4. The molecule has 306 valence electrons. The number of Topliss-reactive ketones (excluding diaryl/α,β-unsaturated/α-hetero) is 1. The van der Waals surface area contributed by atoms with Crippen molar-refractivity contribution in [1.29, 1.82) is 0 Å². The second kappa shape index (κ2) is 17.9. The van der Waals surface area contributed by atoms with Gasteiger partial charge in [-0.25, -0.2) is 0 Å². The van der Waals surface area contributed by atoms with Crippen LogP contribution in [-0.2, 0) is 24.1 Å². The highest BCUT2D eigenvalue weighted by atomic mass is 16.5. The number of ether oxygens (including phenoxy) is 2. The van der Waals surface area contributed by atoms with Crippen molar-refractivity contribution in [2.75, 3.05) is 13.1 Å². The number of ketones is 1. The van der Waals surface area contributed by atoms with Crippen LogP contribution >= 0.6 is 0 Å². The van der Waals surface area contributed by atoms with E-state index in [0.717, 1.165) is 123 Å². The average molecular weight is 785 g/mol. The van der Waals surface area contributed by atoms with E-state index >= 15 is 0 Å². The zero-order valence-corrected chi connectivity index (χ0v) is 34.3. The predicted octanol–water partition coefficient (Wildman–Crippen LogP) is 7.49. The van der Waals surface area contributed by atoms with Crippen molar-refractivity contribution < 1.29 is 24.5 Å². The number of hydrogen-bond donors (Lipinski definition) is 4. The number of unbranched alkanes of at least 4 members (excludes halogenated alkanes) is 4. The minimum absolute atomic E-state index is 0.129. The average Bonchev–Trinajstić information content (AvgIpc) is 3.97. The zero-order valence-electron chi connectivity index (χ0n) is 34.3. The molecular formula is C49H60N4O5. The van der Waals surface area contributed by atoms with E-state index in [2.05, 4.69) is 54.1 Å². The van der Waals surface area contributed by atoms with Gasteiger partial charge in [0.05, 0.1) is 35.9 Å². The van der Waals surface area contributed by atoms with Gasteiger partial charge in [0.15, 0.2) is 17.7 Å². The molecule has 0 radical (unpaired) electrons. The third-order valence-electron chi connectivity index (χ3n) is 13.5. The van der Waals surface area contributed by atoms with Crippen molar-refractivity contribution in [2.45, 2.75) is 141 Å². The van der Waals surface area contributed by atoms with Gasteiger partial charge in [0.25, 0.3) is 0 Å². The number of aliphatic hydroxyl groups is 2. The molecule has 2 aromatic rings. The molecule has 1 fully saturated rings. The van der Waals surface area contributed by atoms with Crippen LogP contribution in [-0.4, -0.2) is 52.0 Å². The van der Waals surface area contributed by atoms with Crippen LogP contribution in [0.2, 0.25) is 0 Å². The fourth-order valence-corrected chi connectivity index (χ4v) is 10.1. The van der Waals surface area contributed by atoms with Gasteiger partial charge in [-0.2, -0.15) is 0 Å². The van der Waals surface area contributed by atoms with E-state index in [-0.39, 0.29) is 17.9 Å². The maximum absolute atomic E-state index is 13.8. The summed E-state index contributed by atoms with van der Waals surface area (Å²) in [6.45, 7) is 5.65. The van der Waals surface area contributed by atoms with Crippen LogP contribution in [0.15, 0.2) is 58.9 Å². The first-order valence-electron chi connectivity index (χ1n) is 22.0. The van der Waals surface area contributed by atoms with Crippen LogP contribution in [0.1, 0.15) is 137 Å². The van der Waals surface area contributed by atoms with Crippen molar-refractivity contribution >= 4 is 11.5 Å². The summed E-state index contributed by atoms with van der Waals surface area (Å²) in [5, 5.41) is 26.5. The number of benzene rings is 2. The molecular weight excluding hydrogens is 725 g/mol. The van der Waals surface area contributed by atoms with Gasteiger partial charge >= 0.3 is 0 Å². The molecule has 58 heavy (non-hydrogen) atoms. The summed E-state index contributed by atoms with van der Waals surface area (Å²) in [4.78, 5) is 20.9. The van der Waals surface area contributed by atoms with Gasteiger partial charge in [-0.05, 0) is 84.0 Å². The molecule has 5 N–H and O–H groups in total. The molecule has 1 saturated carbocycles. The predicted molar refractivity (Wildman–Crippen MR) is 227 cm³/mol. The Morgan fingerprint density at radius 3 is 2.64 bits per heavy atom. The maximum Gasteiger partial charge on any atom is 0.187 e. The highest BCUT2D eigenvalue weighted by molar-refractivity contribution is 6.09. The van der Waals surface area contributed by atoms with Crippen molar-refractivity contribution in [2.24, 2.45) is 28.0 Å². The Kier molecular flexibility index (Phi) is 12.4. The molecule has 8 rings (SSSR count). The normalized spacial score (nSPS) is 24.6. The SMILES string of the molecule is CCCCCC(O)C(CCCCC)C(=O)CCc1ccc2c(c1)OC1C(C#CC(O)c3ccc4c(c3CC3=CN=C5CN1C=C35)CCNC4N)C1(C#CO2)CCCC1. The van der Waals surface area contributed by atoms with Crippen LogP contribution in [0.25, 0.3) is 0 Å². The molecule has 0 amide bonds. The van der Waals surface area contributed by atoms with Crippen molar-refractivity contribution in [1.82, 2.24) is 10.2 Å². The molecule has 6 unspecified atom stereocenters. The highest BCUT2D eigenvalue weighted by Crippen LogP contribution is 2.49. The number of hydrogen-bond acceptors (Lipinski definition) is 9. The lowest BCUT2D eigenvalue weighted by Gasteiger charge is -2.39. The number of nitrogens with zero attached hydrogens (tertiary/aromatic N) is 2. The Bertz CT molecular complexity index is 2090. The number of nitrogens with one attached hydrogen (secondary N) is 1. The lowest BCUT2D eigenvalue weighted by molar-refractivity contribution is -0.126. The Hall–Kier alpha value is -4.38. The molecule has 0 aromatic heterocycles. The van der Waals surface area contributed by atoms with E-state index in [1.54, 1.807) is 0 Å². The Morgan fingerprint density at radius 2 is 1.83 bits per heavy atom. The van der Waals surface area contributed by atoms with Crippen molar-refractivity contribution in [3.05, 3.63) is 81.7 Å². The van der Waals surface area contributed by atoms with Crippen molar-refractivity contribution in [3.63, 3.8) is 0 Å². The van der Waals surface area contributed by atoms with Gasteiger partial charge in [0.1, 0.15) is 18.0 Å². The molecule has 9 nitrogen and oxygen atoms in total. The molecule has 9 heteroatoms. The van der Waals surface area contributed by atoms with Gasteiger partial charge in [-0.1, -0.05) is 101 Å². The van der Waals surface area contributed by atoms with E-state index in [1.165, 1.54) is 5.56 Å². The Labute approximate surface area is 344 Å². The number of rotatable bonds is 13. The lowest BCUT2D eigenvalue weighted by Crippen LogP contribution is -2.47. The Balaban J connectivity index is 1.13. The molecule has 6 aliphatic rings. The summed E-state index contributed by atoms with van der Waals surface area (Å²) in [7, 11) is 0. The number of aliphatic hydroxyl groups excluding tert-OH is 2. The van der Waals surface area contributed by atoms with Gasteiger partial charge in [0.2, 0.25) is 0 Å². The summed E-state index contributed by atoms with van der Waals surface area (Å²) in [5.41, 5.74) is 14.3. The van der Waals surface area contributed by atoms with Gasteiger partial charge in [-0.3, -0.25) is 15.1 Å². The third-order valence-corrected chi connectivity index (χ3v) is 13.5. The minimum Gasteiger partial charge on any atom is -0.465 e. The summed E-state index contributed by atoms with van der Waals surface area (Å²) >= 11 is 0. The fraction of sp³-hybridized carbons (Fsp3) is 0.551. The number of aliphatic imine (C=N–C) groups is 1. The van der Waals surface area contributed by atoms with Crippen molar-refractivity contribution in [3.8, 4) is 35.4 Å². The topological polar surface area (TPSA) is 130 Å². The second-order valence-electron chi connectivity index (χ2n) is 17.3. The van der Waals surface area contributed by atoms with E-state index in [9.17, 15) is 15.0 Å². The number of fused-ring (bicyclic) bond motifs is 8. The standard InChI is InChI=1S/C49H60N4O5/c1-3-5-7-11-37(42(54)12-8-6-4-2)44(56)18-13-32-14-20-45-46(27-32)58-48-40(49(24-26-57-45)22-9-10-23-49)17-19-43(55)35-15-16-36-34(21-25-51-47(36)50)38(35)28-33-29-52-41-31-53(48)30-39(33)41/h14-16,20,27,29-30,37,40,42-43,47-48,51,54-55H,3-13,18,21-23,25,28,31,50H2,1-2H3. The minimum atomic E-state index is -1.02. The van der Waals surface area contributed by atoms with E-state index < -0.39 is 29.8 Å². The molecule has 6 atom stereocenters. The van der Waals surface area contributed by atoms with E-state index in [0.29, 0.717) is 43.7 Å². The fourth-order valence-electron chi connectivity index (χ4n) is 10.1. The smallest absolute Gasteiger partial charge is 0.187 e. The summed E-state index contributed by atoms with van der Waals surface area (Å²) in [5.74, 6) is 11.0. The number of carbonyl (C=O) groups excluding carboxylic acids is 1. The zero-order chi connectivity index (χ0) is 40.2. The quantitative estimate of drug-likeness (QED) is 0.122. The lowest BCUT2D eigenvalue weighted by atomic mass is 9.73. The molecule has 5 heterocycles. The Morgan fingerprint density at radius 1 is 1.03 bits per heavy atom. The molecule has 5 aliphatic heterocycles. The molecule has 1 aliphatic carbocycles. The summed E-state index contributed by atoms with van der Waals surface area (Å²) in [6, 6.07) is 9.92. The number of allylic oxidation sites excluding steroid dienone is 1. The van der Waals surface area contributed by atoms with Gasteiger partial charge < -0.3 is 30.3 Å². The van der Waals surface area contributed by atoms with Crippen LogP contribution in [0.3, 0.4) is 0 Å². The molecule has 1 spiro atoms. The molecule has 2 aromatic carbocycles. The number of carbonyl (C=O) groups is 1. The first kappa shape index (κ1) is 40.4. The van der Waals surface area contributed by atoms with E-state index in [4.69, 9.17) is 20.2 Å². The van der Waals surface area contributed by atoms with Crippen LogP contribution < -0.4 is 20.5 Å². The number of nitrogens with two attached hydrogens (primary N) is 1. The van der Waals surface area contributed by atoms with Crippen LogP contribution in [0.4, 0.5) is 0 Å². The highest BCUT2D eigenvalue weighted by Gasteiger charge is 2.48. The number of aryl methyl sites for hydroxylation is 1. The third kappa shape index (κ3) is 8.25. The van der Waals surface area contributed by atoms with Crippen LogP contribution in [0.5, 0.6) is 11.5 Å². The summed E-state index contributed by atoms with van der Waals surface area (Å²) in [6.07, 6.45) is 18.4. The first-order chi connectivity index (χ1) is 28.3. The van der Waals surface area contributed by atoms with E-state index in [1.807, 2.05) is 36.5 Å².